The summed E-state index contributed by atoms with van der Waals surface area (Å²) in [6, 6.07) is 0. The third kappa shape index (κ3) is 1.75. The van der Waals surface area contributed by atoms with Crippen LogP contribution in [0.4, 0.5) is 0 Å². The van der Waals surface area contributed by atoms with Gasteiger partial charge in [-0.05, 0) is 6.42 Å². The molecule has 0 saturated heterocycles. The summed E-state index contributed by atoms with van der Waals surface area (Å²) in [5, 5.41) is 21.0. The lowest BCUT2D eigenvalue weighted by atomic mass is 10.3. The molecule has 80 valence electrons. The van der Waals surface area contributed by atoms with E-state index in [0.29, 0.717) is 5.69 Å². The van der Waals surface area contributed by atoms with Crippen molar-refractivity contribution in [2.45, 2.75) is 20.0 Å². The van der Waals surface area contributed by atoms with Gasteiger partial charge in [0.05, 0.1) is 24.7 Å². The summed E-state index contributed by atoms with van der Waals surface area (Å²) >= 11 is 0. The molecule has 2 heterocycles. The minimum atomic E-state index is -0.0955. The van der Waals surface area contributed by atoms with Crippen molar-refractivity contribution >= 4 is 0 Å². The Bertz CT molecular complexity index is 459. The number of aromatic nitrogens is 5. The molecule has 1 N–H and O–H groups in total. The largest absolute Gasteiger partial charge is 0.390 e. The van der Waals surface area contributed by atoms with Crippen LogP contribution in [0.15, 0.2) is 12.4 Å². The van der Waals surface area contributed by atoms with Gasteiger partial charge in [-0.15, -0.1) is 5.10 Å². The molecule has 0 spiro atoms. The van der Waals surface area contributed by atoms with Crippen LogP contribution < -0.4 is 0 Å². The number of nitrogens with zero attached hydrogens (tertiary/aromatic N) is 5. The molecule has 0 aliphatic carbocycles. The fraction of sp³-hybridized carbons (Fsp3) is 0.444. The summed E-state index contributed by atoms with van der Waals surface area (Å²) in [5.74, 6) is 0. The van der Waals surface area contributed by atoms with Gasteiger partial charge in [-0.1, -0.05) is 12.1 Å². The van der Waals surface area contributed by atoms with Gasteiger partial charge in [0.2, 0.25) is 0 Å². The highest BCUT2D eigenvalue weighted by atomic mass is 16.3. The van der Waals surface area contributed by atoms with Gasteiger partial charge in [0.25, 0.3) is 0 Å². The van der Waals surface area contributed by atoms with Gasteiger partial charge in [0.15, 0.2) is 0 Å². The normalized spacial score (nSPS) is 10.9. The Morgan fingerprint density at radius 1 is 1.40 bits per heavy atom. The van der Waals surface area contributed by atoms with Crippen molar-refractivity contribution in [3.63, 3.8) is 0 Å². The van der Waals surface area contributed by atoms with Crippen molar-refractivity contribution in [3.05, 3.63) is 23.8 Å². The maximum Gasteiger partial charge on any atom is 0.109 e. The van der Waals surface area contributed by atoms with Crippen LogP contribution in [-0.2, 0) is 20.1 Å². The lowest BCUT2D eigenvalue weighted by Crippen LogP contribution is -1.97. The second-order valence-corrected chi connectivity index (χ2v) is 3.30. The summed E-state index contributed by atoms with van der Waals surface area (Å²) < 4.78 is 3.38. The van der Waals surface area contributed by atoms with E-state index in [1.807, 2.05) is 20.2 Å². The Morgan fingerprint density at radius 2 is 2.20 bits per heavy atom. The van der Waals surface area contributed by atoms with Crippen molar-refractivity contribution in [1.29, 1.82) is 0 Å². The van der Waals surface area contributed by atoms with Crippen molar-refractivity contribution in [2.75, 3.05) is 0 Å². The molecule has 0 radical (unpaired) electrons. The molecule has 6 heteroatoms. The standard InChI is InChI=1S/C9H13N5O/c1-3-8-9(5-13(2)11-8)14-4-7(6-15)10-12-14/h4-5,15H,3,6H2,1-2H3. The van der Waals surface area contributed by atoms with Crippen molar-refractivity contribution in [1.82, 2.24) is 24.8 Å². The number of rotatable bonds is 3. The summed E-state index contributed by atoms with van der Waals surface area (Å²) in [6.07, 6.45) is 4.43. The first-order chi connectivity index (χ1) is 7.24. The van der Waals surface area contributed by atoms with E-state index in [2.05, 4.69) is 15.4 Å². The summed E-state index contributed by atoms with van der Waals surface area (Å²) in [5.41, 5.74) is 2.43. The molecule has 2 rings (SSSR count). The minimum Gasteiger partial charge on any atom is -0.390 e. The first kappa shape index (κ1) is 9.85. The van der Waals surface area contributed by atoms with Crippen molar-refractivity contribution in [3.8, 4) is 5.69 Å². The van der Waals surface area contributed by atoms with Crippen LogP contribution in [0.3, 0.4) is 0 Å². The van der Waals surface area contributed by atoms with E-state index >= 15 is 0 Å². The molecule has 0 saturated carbocycles. The Morgan fingerprint density at radius 3 is 2.80 bits per heavy atom. The SMILES string of the molecule is CCc1nn(C)cc1-n1cc(CO)nn1. The molecule has 0 aromatic carbocycles. The molecular formula is C9H13N5O. The van der Waals surface area contributed by atoms with Gasteiger partial charge in [-0.3, -0.25) is 4.68 Å². The van der Waals surface area contributed by atoms with Crippen molar-refractivity contribution < 1.29 is 5.11 Å². The zero-order valence-corrected chi connectivity index (χ0v) is 8.75. The van der Waals surface area contributed by atoms with Gasteiger partial charge in [-0.2, -0.15) is 5.10 Å². The van der Waals surface area contributed by atoms with Gasteiger partial charge in [-0.25, -0.2) is 4.68 Å². The monoisotopic (exact) mass is 207 g/mol. The molecule has 0 bridgehead atoms. The average molecular weight is 207 g/mol. The highest BCUT2D eigenvalue weighted by Crippen LogP contribution is 2.12. The van der Waals surface area contributed by atoms with Crippen LogP contribution in [0, 0.1) is 0 Å². The topological polar surface area (TPSA) is 68.8 Å². The van der Waals surface area contributed by atoms with Crippen LogP contribution in [0.2, 0.25) is 0 Å². The van der Waals surface area contributed by atoms with Gasteiger partial charge in [0, 0.05) is 7.05 Å². The van der Waals surface area contributed by atoms with E-state index < -0.39 is 0 Å². The minimum absolute atomic E-state index is 0.0955. The van der Waals surface area contributed by atoms with Gasteiger partial charge < -0.3 is 5.11 Å². The lowest BCUT2D eigenvalue weighted by Gasteiger charge is -1.96. The smallest absolute Gasteiger partial charge is 0.109 e. The predicted molar refractivity (Wildman–Crippen MR) is 53.4 cm³/mol. The quantitative estimate of drug-likeness (QED) is 0.772. The third-order valence-electron chi connectivity index (χ3n) is 2.17. The molecule has 0 aliphatic heterocycles. The zero-order chi connectivity index (χ0) is 10.8. The van der Waals surface area contributed by atoms with Gasteiger partial charge >= 0.3 is 0 Å². The zero-order valence-electron chi connectivity index (χ0n) is 8.75. The Hall–Kier alpha value is -1.69. The Balaban J connectivity index is 2.43. The molecule has 0 aliphatic rings. The highest BCUT2D eigenvalue weighted by molar-refractivity contribution is 5.33. The second kappa shape index (κ2) is 3.82. The Labute approximate surface area is 87.1 Å². The van der Waals surface area contributed by atoms with Crippen LogP contribution in [0.1, 0.15) is 18.3 Å². The molecule has 6 nitrogen and oxygen atoms in total. The van der Waals surface area contributed by atoms with Crippen LogP contribution in [-0.4, -0.2) is 29.9 Å². The number of aliphatic hydroxyl groups excluding tert-OH is 1. The molecule has 0 unspecified atom stereocenters. The molecular weight excluding hydrogens is 194 g/mol. The van der Waals surface area contributed by atoms with E-state index in [1.165, 1.54) is 0 Å². The second-order valence-electron chi connectivity index (χ2n) is 3.30. The molecule has 2 aromatic rings. The van der Waals surface area contributed by atoms with Crippen molar-refractivity contribution in [2.24, 2.45) is 7.05 Å². The van der Waals surface area contributed by atoms with E-state index in [1.54, 1.807) is 15.6 Å². The van der Waals surface area contributed by atoms with Crippen LogP contribution >= 0.6 is 0 Å². The first-order valence-electron chi connectivity index (χ1n) is 4.79. The molecule has 0 amide bonds. The van der Waals surface area contributed by atoms with E-state index in [-0.39, 0.29) is 6.61 Å². The maximum absolute atomic E-state index is 8.89. The summed E-state index contributed by atoms with van der Waals surface area (Å²) in [6.45, 7) is 1.94. The summed E-state index contributed by atoms with van der Waals surface area (Å²) in [7, 11) is 1.87. The maximum atomic E-state index is 8.89. The molecule has 2 aromatic heterocycles. The van der Waals surface area contributed by atoms with E-state index in [4.69, 9.17) is 5.11 Å². The van der Waals surface area contributed by atoms with E-state index in [0.717, 1.165) is 17.8 Å². The number of aliphatic hydroxyl groups is 1. The first-order valence-corrected chi connectivity index (χ1v) is 4.79. The van der Waals surface area contributed by atoms with Crippen LogP contribution in [0.5, 0.6) is 0 Å². The molecule has 0 fully saturated rings. The summed E-state index contributed by atoms with van der Waals surface area (Å²) in [4.78, 5) is 0. The number of hydrogen-bond donors (Lipinski definition) is 1. The average Bonchev–Trinajstić information content (AvgIpc) is 2.82. The fourth-order valence-corrected chi connectivity index (χ4v) is 1.45. The van der Waals surface area contributed by atoms with Gasteiger partial charge in [0.1, 0.15) is 11.4 Å². The third-order valence-corrected chi connectivity index (χ3v) is 2.17. The Kier molecular flexibility index (Phi) is 2.51. The number of hydrogen-bond acceptors (Lipinski definition) is 4. The molecule has 0 atom stereocenters. The predicted octanol–water partition coefficient (Wildman–Crippen LogP) is 0.0555. The molecule has 15 heavy (non-hydrogen) atoms. The number of aryl methyl sites for hydroxylation is 2. The fourth-order valence-electron chi connectivity index (χ4n) is 1.45. The highest BCUT2D eigenvalue weighted by Gasteiger charge is 2.09. The van der Waals surface area contributed by atoms with Crippen LogP contribution in [0.25, 0.3) is 5.69 Å². The lowest BCUT2D eigenvalue weighted by molar-refractivity contribution is 0.276. The van der Waals surface area contributed by atoms with E-state index in [9.17, 15) is 0 Å².